The van der Waals surface area contributed by atoms with Crippen LogP contribution in [0.25, 0.3) is 0 Å². The van der Waals surface area contributed by atoms with Crippen LogP contribution in [0.4, 0.5) is 13.2 Å². The Hall–Kier alpha value is -1.08. The fourth-order valence-electron chi connectivity index (χ4n) is 3.73. The molecular formula is C17H21F3O3S. The van der Waals surface area contributed by atoms with Gasteiger partial charge >= 0.3 is 6.18 Å². The average Bonchev–Trinajstić information content (AvgIpc) is 3.19. The van der Waals surface area contributed by atoms with E-state index in [1.165, 1.54) is 12.1 Å². The molecule has 2 atom stereocenters. The van der Waals surface area contributed by atoms with Crippen molar-refractivity contribution < 1.29 is 26.3 Å². The van der Waals surface area contributed by atoms with E-state index in [9.17, 15) is 21.6 Å². The van der Waals surface area contributed by atoms with Crippen molar-refractivity contribution in [1.82, 2.24) is 0 Å². The molecule has 24 heavy (non-hydrogen) atoms. The molecule has 2 saturated carbocycles. The molecule has 3 nitrogen and oxygen atoms in total. The van der Waals surface area contributed by atoms with Gasteiger partial charge in [-0.2, -0.15) is 13.2 Å². The highest BCUT2D eigenvalue weighted by Gasteiger charge is 2.42. The molecule has 7 heteroatoms. The van der Waals surface area contributed by atoms with Gasteiger partial charge in [0.05, 0.1) is 27.9 Å². The van der Waals surface area contributed by atoms with Crippen LogP contribution in [0.2, 0.25) is 0 Å². The lowest BCUT2D eigenvalue weighted by molar-refractivity contribution is -0.139. The van der Waals surface area contributed by atoms with Crippen molar-refractivity contribution in [2.45, 2.75) is 73.5 Å². The molecule has 0 radical (unpaired) electrons. The van der Waals surface area contributed by atoms with Gasteiger partial charge in [-0.15, -0.1) is 0 Å². The second kappa shape index (κ2) is 6.67. The second-order valence-corrected chi connectivity index (χ2v) is 8.84. The second-order valence-electron chi connectivity index (χ2n) is 6.64. The van der Waals surface area contributed by atoms with Crippen LogP contribution in [0.1, 0.15) is 50.5 Å². The van der Waals surface area contributed by atoms with Gasteiger partial charge < -0.3 is 4.74 Å². The zero-order valence-corrected chi connectivity index (χ0v) is 14.1. The summed E-state index contributed by atoms with van der Waals surface area (Å²) in [5, 5.41) is -0.799. The number of halogens is 3. The maximum absolute atomic E-state index is 13.1. The summed E-state index contributed by atoms with van der Waals surface area (Å²) in [4.78, 5) is -0.607. The molecule has 1 aromatic rings. The van der Waals surface area contributed by atoms with Crippen molar-refractivity contribution in [2.24, 2.45) is 0 Å². The molecule has 2 aliphatic carbocycles. The van der Waals surface area contributed by atoms with E-state index >= 15 is 0 Å². The molecule has 0 aromatic heterocycles. The number of alkyl halides is 3. The van der Waals surface area contributed by atoms with Gasteiger partial charge in [-0.3, -0.25) is 0 Å². The fraction of sp³-hybridized carbons (Fsp3) is 0.647. The van der Waals surface area contributed by atoms with Gasteiger partial charge in [0.15, 0.2) is 9.84 Å². The van der Waals surface area contributed by atoms with E-state index in [1.807, 2.05) is 0 Å². The van der Waals surface area contributed by atoms with Gasteiger partial charge in [0.2, 0.25) is 0 Å². The molecule has 0 bridgehead atoms. The Kier molecular flexibility index (Phi) is 4.93. The maximum Gasteiger partial charge on any atom is 0.417 e. The number of sulfone groups is 1. The van der Waals surface area contributed by atoms with E-state index in [-0.39, 0.29) is 18.6 Å². The van der Waals surface area contributed by atoms with Crippen molar-refractivity contribution in [1.29, 1.82) is 0 Å². The minimum Gasteiger partial charge on any atom is -0.375 e. The van der Waals surface area contributed by atoms with Gasteiger partial charge in [0.1, 0.15) is 0 Å². The molecule has 2 fully saturated rings. The SMILES string of the molecule is O=S(=O)(c1ccccc1C(F)(F)F)[C@H]1CC[C@H](OC2CCCC2)C1. The van der Waals surface area contributed by atoms with Crippen LogP contribution >= 0.6 is 0 Å². The van der Waals surface area contributed by atoms with Crippen molar-refractivity contribution in [3.63, 3.8) is 0 Å². The standard InChI is InChI=1S/C17H21F3O3S/c18-17(19,20)15-7-3-4-8-16(15)24(21,22)14-10-9-13(11-14)23-12-5-1-2-6-12/h3-4,7-8,12-14H,1-2,5-6,9-11H2/t13-,14-/m0/s1. The first-order valence-corrected chi connectivity index (χ1v) is 9.88. The lowest BCUT2D eigenvalue weighted by Crippen LogP contribution is -2.24. The summed E-state index contributed by atoms with van der Waals surface area (Å²) in [6, 6.07) is 4.43. The summed E-state index contributed by atoms with van der Waals surface area (Å²) < 4.78 is 70.8. The summed E-state index contributed by atoms with van der Waals surface area (Å²) in [7, 11) is -4.02. The zero-order chi connectivity index (χ0) is 17.4. The van der Waals surface area contributed by atoms with Crippen LogP contribution in [0.15, 0.2) is 29.2 Å². The number of ether oxygens (including phenoxy) is 1. The Labute approximate surface area is 140 Å². The minimum absolute atomic E-state index is 0.161. The first-order valence-electron chi connectivity index (χ1n) is 8.34. The molecule has 0 heterocycles. The normalized spacial score (nSPS) is 26.1. The predicted octanol–water partition coefficient (Wildman–Crippen LogP) is 4.36. The first-order chi connectivity index (χ1) is 11.3. The molecule has 0 aliphatic heterocycles. The van der Waals surface area contributed by atoms with Crippen LogP contribution in [-0.4, -0.2) is 25.9 Å². The Balaban J connectivity index is 1.77. The van der Waals surface area contributed by atoms with Crippen molar-refractivity contribution >= 4 is 9.84 Å². The molecule has 3 rings (SSSR count). The van der Waals surface area contributed by atoms with Gasteiger partial charge in [0.25, 0.3) is 0 Å². The Bertz CT molecular complexity index is 679. The summed E-state index contributed by atoms with van der Waals surface area (Å²) in [5.41, 5.74) is -1.08. The summed E-state index contributed by atoms with van der Waals surface area (Å²) in [6.45, 7) is 0. The molecule has 0 spiro atoms. The smallest absolute Gasteiger partial charge is 0.375 e. The zero-order valence-electron chi connectivity index (χ0n) is 13.3. The van der Waals surface area contributed by atoms with Gasteiger partial charge in [-0.1, -0.05) is 25.0 Å². The van der Waals surface area contributed by atoms with Crippen molar-refractivity contribution in [3.05, 3.63) is 29.8 Å². The van der Waals surface area contributed by atoms with Crippen LogP contribution in [0.5, 0.6) is 0 Å². The molecule has 0 amide bonds. The maximum atomic E-state index is 13.1. The van der Waals surface area contributed by atoms with E-state index in [4.69, 9.17) is 4.74 Å². The minimum atomic E-state index is -4.68. The third-order valence-corrected chi connectivity index (χ3v) is 7.24. The number of benzene rings is 1. The van der Waals surface area contributed by atoms with E-state index in [0.717, 1.165) is 37.8 Å². The summed E-state index contributed by atoms with van der Waals surface area (Å²) >= 11 is 0. The van der Waals surface area contributed by atoms with Crippen LogP contribution in [-0.2, 0) is 20.8 Å². The molecule has 0 unspecified atom stereocenters. The topological polar surface area (TPSA) is 43.4 Å². The van der Waals surface area contributed by atoms with Crippen LogP contribution in [0, 0.1) is 0 Å². The van der Waals surface area contributed by atoms with Gasteiger partial charge in [0, 0.05) is 0 Å². The van der Waals surface area contributed by atoms with Crippen LogP contribution in [0.3, 0.4) is 0 Å². The molecular weight excluding hydrogens is 341 g/mol. The summed E-state index contributed by atoms with van der Waals surface area (Å²) in [5.74, 6) is 0. The number of rotatable bonds is 4. The van der Waals surface area contributed by atoms with Gasteiger partial charge in [-0.25, -0.2) is 8.42 Å². The fourth-order valence-corrected chi connectivity index (χ4v) is 5.76. The molecule has 2 aliphatic rings. The van der Waals surface area contributed by atoms with Crippen molar-refractivity contribution in [2.75, 3.05) is 0 Å². The predicted molar refractivity (Wildman–Crippen MR) is 83.4 cm³/mol. The molecule has 0 saturated heterocycles. The highest BCUT2D eigenvalue weighted by molar-refractivity contribution is 7.92. The Morgan fingerprint density at radius 2 is 1.62 bits per heavy atom. The Morgan fingerprint density at radius 1 is 0.958 bits per heavy atom. The highest BCUT2D eigenvalue weighted by Crippen LogP contribution is 2.39. The van der Waals surface area contributed by atoms with E-state index < -0.39 is 31.7 Å². The number of hydrogen-bond acceptors (Lipinski definition) is 3. The Morgan fingerprint density at radius 3 is 2.29 bits per heavy atom. The highest BCUT2D eigenvalue weighted by atomic mass is 32.2. The number of hydrogen-bond donors (Lipinski definition) is 0. The van der Waals surface area contributed by atoms with Gasteiger partial charge in [-0.05, 0) is 44.2 Å². The summed E-state index contributed by atoms with van der Waals surface area (Å²) in [6.07, 6.45) is 0.795. The lowest BCUT2D eigenvalue weighted by atomic mass is 10.2. The quantitative estimate of drug-likeness (QED) is 0.799. The largest absolute Gasteiger partial charge is 0.417 e. The van der Waals surface area contributed by atoms with Crippen molar-refractivity contribution in [3.8, 4) is 0 Å². The third kappa shape index (κ3) is 3.61. The average molecular weight is 362 g/mol. The molecule has 1 aromatic carbocycles. The van der Waals surface area contributed by atoms with E-state index in [2.05, 4.69) is 0 Å². The van der Waals surface area contributed by atoms with E-state index in [1.54, 1.807) is 0 Å². The lowest BCUT2D eigenvalue weighted by Gasteiger charge is -2.19. The monoisotopic (exact) mass is 362 g/mol. The van der Waals surface area contributed by atoms with E-state index in [0.29, 0.717) is 12.8 Å². The molecule has 134 valence electrons. The van der Waals surface area contributed by atoms with Crippen LogP contribution < -0.4 is 0 Å². The first kappa shape index (κ1) is 17.7. The third-order valence-electron chi connectivity index (χ3n) is 4.96. The molecule has 0 N–H and O–H groups in total.